The summed E-state index contributed by atoms with van der Waals surface area (Å²) in [4.78, 5) is 12.3. The molecule has 0 saturated heterocycles. The van der Waals surface area contributed by atoms with Crippen molar-refractivity contribution in [1.82, 2.24) is 24.1 Å². The van der Waals surface area contributed by atoms with Crippen molar-refractivity contribution in [3.63, 3.8) is 0 Å². The summed E-state index contributed by atoms with van der Waals surface area (Å²) in [6.45, 7) is 3.45. The van der Waals surface area contributed by atoms with E-state index in [2.05, 4.69) is 26.8 Å². The van der Waals surface area contributed by atoms with Crippen LogP contribution in [0.3, 0.4) is 0 Å². The topological polar surface area (TPSA) is 84.2 Å². The Morgan fingerprint density at radius 2 is 1.93 bits per heavy atom. The van der Waals surface area contributed by atoms with E-state index in [1.807, 2.05) is 30.3 Å². The molecule has 0 aliphatic heterocycles. The second-order valence-corrected chi connectivity index (χ2v) is 6.31. The van der Waals surface area contributed by atoms with Crippen molar-refractivity contribution in [1.29, 1.82) is 5.26 Å². The third kappa shape index (κ3) is 3.48. The largest absolute Gasteiger partial charge is 0.323 e. The zero-order chi connectivity index (χ0) is 20.4. The number of fused-ring (bicyclic) bond motifs is 1. The molecule has 4 rings (SSSR count). The lowest BCUT2D eigenvalue weighted by atomic mass is 10.1. The first-order chi connectivity index (χ1) is 14.1. The number of imidazole rings is 2. The van der Waals surface area contributed by atoms with Gasteiger partial charge in [0.2, 0.25) is 0 Å². The van der Waals surface area contributed by atoms with Crippen LogP contribution in [0.25, 0.3) is 28.3 Å². The van der Waals surface area contributed by atoms with Crippen molar-refractivity contribution in [2.24, 2.45) is 4.99 Å². The highest BCUT2D eigenvalue weighted by Gasteiger charge is 2.19. The third-order valence-corrected chi connectivity index (χ3v) is 4.41. The Balaban J connectivity index is 1.87. The summed E-state index contributed by atoms with van der Waals surface area (Å²) in [6.07, 6.45) is 0.236. The number of nitriles is 1. The molecule has 9 heteroatoms. The highest BCUT2D eigenvalue weighted by atomic mass is 19.3. The molecule has 0 atom stereocenters. The van der Waals surface area contributed by atoms with Crippen LogP contribution in [0.15, 0.2) is 53.9 Å². The van der Waals surface area contributed by atoms with E-state index in [4.69, 9.17) is 0 Å². The molecule has 3 heterocycles. The number of hydrogen-bond acceptors (Lipinski definition) is 5. The molecule has 144 valence electrons. The lowest BCUT2D eigenvalue weighted by molar-refractivity contribution is 0.127. The number of aliphatic imine (C=N–C) groups is 1. The summed E-state index contributed by atoms with van der Waals surface area (Å²) in [7, 11) is 0. The Hall–Kier alpha value is -3.93. The Morgan fingerprint density at radius 3 is 2.62 bits per heavy atom. The summed E-state index contributed by atoms with van der Waals surface area (Å²) in [5.74, 6) is 0. The molecular formula is C20H15F2N7. The van der Waals surface area contributed by atoms with Gasteiger partial charge in [-0.3, -0.25) is 4.99 Å². The van der Waals surface area contributed by atoms with Gasteiger partial charge < -0.3 is 4.57 Å². The minimum Gasteiger partial charge on any atom is -0.323 e. The SMILES string of the molecule is C=NCc1ccc(-c2ncn(CC(F)F)c2-c2ccc3ncc(C#N)n3n2)cc1. The van der Waals surface area contributed by atoms with Gasteiger partial charge in [0, 0.05) is 5.56 Å². The molecule has 7 nitrogen and oxygen atoms in total. The van der Waals surface area contributed by atoms with E-state index in [0.717, 1.165) is 11.1 Å². The van der Waals surface area contributed by atoms with Crippen molar-refractivity contribution in [2.45, 2.75) is 19.5 Å². The van der Waals surface area contributed by atoms with Crippen LogP contribution < -0.4 is 0 Å². The van der Waals surface area contributed by atoms with Crippen LogP contribution in [0.2, 0.25) is 0 Å². The standard InChI is InChI=1S/C20H15F2N7/c1-24-9-13-2-4-14(5-3-13)19-20(28(12-26-19)11-17(21)22)16-6-7-18-25-10-15(8-23)29(18)27-16/h2-7,10,12,17H,1,9,11H2. The monoisotopic (exact) mass is 391 g/mol. The fourth-order valence-electron chi connectivity index (χ4n) is 3.12. The smallest absolute Gasteiger partial charge is 0.256 e. The highest BCUT2D eigenvalue weighted by molar-refractivity contribution is 5.77. The number of hydrogen-bond donors (Lipinski definition) is 0. The minimum atomic E-state index is -2.55. The van der Waals surface area contributed by atoms with E-state index in [1.165, 1.54) is 21.6 Å². The predicted octanol–water partition coefficient (Wildman–Crippen LogP) is 3.60. The van der Waals surface area contributed by atoms with Crippen molar-refractivity contribution >= 4 is 12.4 Å². The van der Waals surface area contributed by atoms with Crippen molar-refractivity contribution in [2.75, 3.05) is 0 Å². The van der Waals surface area contributed by atoms with Crippen LogP contribution in [-0.4, -0.2) is 37.3 Å². The second-order valence-electron chi connectivity index (χ2n) is 6.31. The van der Waals surface area contributed by atoms with Crippen molar-refractivity contribution < 1.29 is 8.78 Å². The van der Waals surface area contributed by atoms with Crippen LogP contribution in [0.1, 0.15) is 11.3 Å². The molecule has 0 radical (unpaired) electrons. The zero-order valence-electron chi connectivity index (χ0n) is 15.2. The van der Waals surface area contributed by atoms with Gasteiger partial charge >= 0.3 is 0 Å². The fraction of sp³-hybridized carbons (Fsp3) is 0.150. The first-order valence-corrected chi connectivity index (χ1v) is 8.71. The van der Waals surface area contributed by atoms with Gasteiger partial charge in [-0.1, -0.05) is 24.3 Å². The van der Waals surface area contributed by atoms with Gasteiger partial charge in [-0.15, -0.1) is 0 Å². The second kappa shape index (κ2) is 7.59. The molecule has 0 aliphatic rings. The van der Waals surface area contributed by atoms with Gasteiger partial charge in [-0.25, -0.2) is 23.3 Å². The van der Waals surface area contributed by atoms with E-state index in [0.29, 0.717) is 29.3 Å². The minimum absolute atomic E-state index is 0.254. The van der Waals surface area contributed by atoms with Gasteiger partial charge in [-0.05, 0) is 24.4 Å². The molecular weight excluding hydrogens is 376 g/mol. The van der Waals surface area contributed by atoms with E-state index in [9.17, 15) is 14.0 Å². The van der Waals surface area contributed by atoms with Crippen molar-refractivity contribution in [3.05, 3.63) is 60.2 Å². The normalized spacial score (nSPS) is 11.1. The summed E-state index contributed by atoms with van der Waals surface area (Å²) < 4.78 is 29.0. The average Bonchev–Trinajstić information content (AvgIpc) is 3.31. The first kappa shape index (κ1) is 18.4. The van der Waals surface area contributed by atoms with Gasteiger partial charge in [0.05, 0.1) is 37.0 Å². The van der Waals surface area contributed by atoms with Crippen LogP contribution in [0.4, 0.5) is 8.78 Å². The van der Waals surface area contributed by atoms with Gasteiger partial charge in [0.25, 0.3) is 6.43 Å². The van der Waals surface area contributed by atoms with E-state index in [-0.39, 0.29) is 5.69 Å². The molecule has 0 N–H and O–H groups in total. The number of halogens is 2. The Kier molecular flexibility index (Phi) is 4.83. The van der Waals surface area contributed by atoms with Crippen LogP contribution in [-0.2, 0) is 13.1 Å². The van der Waals surface area contributed by atoms with E-state index < -0.39 is 13.0 Å². The molecule has 0 fully saturated rings. The number of aromatic nitrogens is 5. The molecule has 4 aromatic rings. The van der Waals surface area contributed by atoms with Crippen LogP contribution in [0, 0.1) is 11.3 Å². The number of rotatable bonds is 6. The molecule has 1 aromatic carbocycles. The number of alkyl halides is 2. The number of benzene rings is 1. The van der Waals surface area contributed by atoms with Gasteiger partial charge in [0.15, 0.2) is 11.3 Å². The molecule has 0 aliphatic carbocycles. The Labute approximate surface area is 164 Å². The first-order valence-electron chi connectivity index (χ1n) is 8.71. The molecule has 0 bridgehead atoms. The molecule has 0 saturated carbocycles. The number of nitrogens with zero attached hydrogens (tertiary/aromatic N) is 7. The molecule has 3 aromatic heterocycles. The summed E-state index contributed by atoms with van der Waals surface area (Å²) in [5, 5.41) is 13.7. The summed E-state index contributed by atoms with van der Waals surface area (Å²) in [6, 6.07) is 12.9. The average molecular weight is 391 g/mol. The van der Waals surface area contributed by atoms with Crippen LogP contribution >= 0.6 is 0 Å². The summed E-state index contributed by atoms with van der Waals surface area (Å²) in [5.41, 5.74) is 3.87. The van der Waals surface area contributed by atoms with Gasteiger partial charge in [-0.2, -0.15) is 10.4 Å². The lowest BCUT2D eigenvalue weighted by Gasteiger charge is -2.10. The molecule has 0 unspecified atom stereocenters. The lowest BCUT2D eigenvalue weighted by Crippen LogP contribution is -2.08. The van der Waals surface area contributed by atoms with Gasteiger partial charge in [0.1, 0.15) is 11.8 Å². The van der Waals surface area contributed by atoms with Crippen molar-refractivity contribution in [3.8, 4) is 28.7 Å². The summed E-state index contributed by atoms with van der Waals surface area (Å²) >= 11 is 0. The predicted molar refractivity (Wildman–Crippen MR) is 104 cm³/mol. The van der Waals surface area contributed by atoms with E-state index in [1.54, 1.807) is 12.1 Å². The maximum Gasteiger partial charge on any atom is 0.256 e. The zero-order valence-corrected chi connectivity index (χ0v) is 15.2. The Bertz CT molecular complexity index is 1220. The fourth-order valence-corrected chi connectivity index (χ4v) is 3.12. The quantitative estimate of drug-likeness (QED) is 0.470. The molecule has 29 heavy (non-hydrogen) atoms. The third-order valence-electron chi connectivity index (χ3n) is 4.41. The molecule has 0 amide bonds. The highest BCUT2D eigenvalue weighted by Crippen LogP contribution is 2.31. The van der Waals surface area contributed by atoms with Crippen LogP contribution in [0.5, 0.6) is 0 Å². The molecule has 0 spiro atoms. The maximum absolute atomic E-state index is 13.1. The maximum atomic E-state index is 13.1. The Morgan fingerprint density at radius 1 is 1.14 bits per heavy atom. The van der Waals surface area contributed by atoms with E-state index >= 15 is 0 Å².